The molecule has 2 rings (SSSR count). The molecule has 0 spiro atoms. The summed E-state index contributed by atoms with van der Waals surface area (Å²) < 4.78 is 13.3. The van der Waals surface area contributed by atoms with Crippen molar-refractivity contribution in [2.75, 3.05) is 13.1 Å². The van der Waals surface area contributed by atoms with Crippen LogP contribution < -0.4 is 5.73 Å². The molecule has 2 N–H and O–H groups in total. The second-order valence-corrected chi connectivity index (χ2v) is 6.86. The summed E-state index contributed by atoms with van der Waals surface area (Å²) >= 11 is 0. The molecule has 1 amide bonds. The van der Waals surface area contributed by atoms with E-state index in [0.717, 1.165) is 57.1 Å². The zero-order valence-corrected chi connectivity index (χ0v) is 14.7. The normalized spacial score (nSPS) is 14.9. The second kappa shape index (κ2) is 10.4. The Morgan fingerprint density at radius 1 is 1.17 bits per heavy atom. The molecule has 24 heavy (non-hydrogen) atoms. The number of hydrogen-bond acceptors (Lipinski definition) is 2. The fourth-order valence-corrected chi connectivity index (χ4v) is 3.59. The van der Waals surface area contributed by atoms with E-state index in [0.29, 0.717) is 19.0 Å². The van der Waals surface area contributed by atoms with Crippen LogP contribution >= 0.6 is 0 Å². The zero-order chi connectivity index (χ0) is 17.2. The summed E-state index contributed by atoms with van der Waals surface area (Å²) in [5.41, 5.74) is 6.47. The fraction of sp³-hybridized carbons (Fsp3) is 0.650. The van der Waals surface area contributed by atoms with Gasteiger partial charge in [0.25, 0.3) is 0 Å². The van der Waals surface area contributed by atoms with E-state index in [9.17, 15) is 9.18 Å². The zero-order valence-electron chi connectivity index (χ0n) is 14.7. The van der Waals surface area contributed by atoms with Crippen molar-refractivity contribution in [2.45, 2.75) is 70.3 Å². The van der Waals surface area contributed by atoms with Gasteiger partial charge in [0, 0.05) is 19.0 Å². The topological polar surface area (TPSA) is 46.3 Å². The lowest BCUT2D eigenvalue weighted by molar-refractivity contribution is -0.133. The molecule has 0 radical (unpaired) electrons. The smallest absolute Gasteiger partial charge is 0.222 e. The third kappa shape index (κ3) is 6.23. The first-order valence-corrected chi connectivity index (χ1v) is 9.44. The van der Waals surface area contributed by atoms with Crippen LogP contribution in [0.2, 0.25) is 0 Å². The van der Waals surface area contributed by atoms with Crippen LogP contribution in [0.3, 0.4) is 0 Å². The van der Waals surface area contributed by atoms with Gasteiger partial charge >= 0.3 is 0 Å². The van der Waals surface area contributed by atoms with Crippen molar-refractivity contribution in [2.24, 2.45) is 5.73 Å². The summed E-state index contributed by atoms with van der Waals surface area (Å²) in [6.45, 7) is 1.44. The summed E-state index contributed by atoms with van der Waals surface area (Å²) in [6.07, 6.45) is 10.2. The summed E-state index contributed by atoms with van der Waals surface area (Å²) in [4.78, 5) is 14.7. The summed E-state index contributed by atoms with van der Waals surface area (Å²) in [5.74, 6) is 0.0669. The minimum absolute atomic E-state index is 0.203. The number of carbonyl (C=O) groups is 1. The lowest BCUT2D eigenvalue weighted by Gasteiger charge is -2.29. The van der Waals surface area contributed by atoms with Gasteiger partial charge < -0.3 is 10.6 Å². The van der Waals surface area contributed by atoms with Crippen LogP contribution in [-0.2, 0) is 11.2 Å². The molecule has 1 saturated carbocycles. The predicted molar refractivity (Wildman–Crippen MR) is 96.2 cm³/mol. The van der Waals surface area contributed by atoms with Crippen molar-refractivity contribution in [1.82, 2.24) is 4.90 Å². The Labute approximate surface area is 145 Å². The minimum Gasteiger partial charge on any atom is -0.339 e. The highest BCUT2D eigenvalue weighted by molar-refractivity contribution is 5.76. The maximum absolute atomic E-state index is 13.3. The van der Waals surface area contributed by atoms with E-state index in [1.807, 2.05) is 6.07 Å². The average Bonchev–Trinajstić information content (AvgIpc) is 3.09. The molecule has 1 aliphatic carbocycles. The van der Waals surface area contributed by atoms with Crippen molar-refractivity contribution in [3.63, 3.8) is 0 Å². The lowest BCUT2D eigenvalue weighted by Crippen LogP contribution is -2.40. The Hall–Kier alpha value is -1.42. The second-order valence-electron chi connectivity index (χ2n) is 6.86. The summed E-state index contributed by atoms with van der Waals surface area (Å²) in [6, 6.07) is 7.10. The van der Waals surface area contributed by atoms with E-state index in [1.54, 1.807) is 12.1 Å². The molecule has 0 saturated heterocycles. The first-order chi connectivity index (χ1) is 11.7. The number of nitrogens with zero attached hydrogens (tertiary/aromatic N) is 1. The molecule has 0 atom stereocenters. The van der Waals surface area contributed by atoms with Gasteiger partial charge in [0.1, 0.15) is 5.82 Å². The molecule has 1 aromatic rings. The van der Waals surface area contributed by atoms with Crippen molar-refractivity contribution in [1.29, 1.82) is 0 Å². The molecule has 0 aliphatic heterocycles. The fourth-order valence-electron chi connectivity index (χ4n) is 3.59. The van der Waals surface area contributed by atoms with Gasteiger partial charge in [-0.1, -0.05) is 37.8 Å². The first-order valence-electron chi connectivity index (χ1n) is 9.44. The highest BCUT2D eigenvalue weighted by atomic mass is 19.1. The third-order valence-corrected chi connectivity index (χ3v) is 4.96. The van der Waals surface area contributed by atoms with Crippen LogP contribution in [0, 0.1) is 5.82 Å². The van der Waals surface area contributed by atoms with Gasteiger partial charge in [-0.25, -0.2) is 4.39 Å². The molecule has 0 heterocycles. The molecule has 0 bridgehead atoms. The highest BCUT2D eigenvalue weighted by Crippen LogP contribution is 2.25. The lowest BCUT2D eigenvalue weighted by atomic mass is 10.1. The summed E-state index contributed by atoms with van der Waals surface area (Å²) in [5, 5.41) is 0. The number of carbonyl (C=O) groups excluding carboxylic acids is 1. The van der Waals surface area contributed by atoms with E-state index in [1.165, 1.54) is 18.9 Å². The van der Waals surface area contributed by atoms with E-state index < -0.39 is 0 Å². The molecular formula is C20H31FN2O. The van der Waals surface area contributed by atoms with Crippen LogP contribution in [0.1, 0.15) is 63.4 Å². The number of amides is 1. The Bertz CT molecular complexity index is 500. The molecule has 3 nitrogen and oxygen atoms in total. The van der Waals surface area contributed by atoms with Crippen molar-refractivity contribution >= 4 is 5.91 Å². The molecule has 1 fully saturated rings. The SMILES string of the molecule is NCCCCCCC(=O)N(CCc1cccc(F)c1)C1CCCC1. The molecular weight excluding hydrogens is 303 g/mol. The Balaban J connectivity index is 1.85. The standard InChI is InChI=1S/C20H31FN2O/c21-18-9-7-8-17(16-18)13-15-23(19-10-4-5-11-19)20(24)12-3-1-2-6-14-22/h7-9,16,19H,1-6,10-15,22H2. The average molecular weight is 334 g/mol. The number of rotatable bonds is 10. The third-order valence-electron chi connectivity index (χ3n) is 4.96. The molecule has 1 aliphatic rings. The highest BCUT2D eigenvalue weighted by Gasteiger charge is 2.25. The van der Waals surface area contributed by atoms with Gasteiger partial charge in [-0.2, -0.15) is 0 Å². The van der Waals surface area contributed by atoms with Crippen LogP contribution in [-0.4, -0.2) is 29.9 Å². The maximum Gasteiger partial charge on any atom is 0.222 e. The van der Waals surface area contributed by atoms with E-state index in [2.05, 4.69) is 4.90 Å². The molecule has 1 aromatic carbocycles. The number of halogens is 1. The Morgan fingerprint density at radius 3 is 2.62 bits per heavy atom. The van der Waals surface area contributed by atoms with E-state index >= 15 is 0 Å². The van der Waals surface area contributed by atoms with Crippen LogP contribution in [0.5, 0.6) is 0 Å². The number of hydrogen-bond donors (Lipinski definition) is 1. The minimum atomic E-state index is -0.203. The largest absolute Gasteiger partial charge is 0.339 e. The molecule has 0 aromatic heterocycles. The molecule has 0 unspecified atom stereocenters. The van der Waals surface area contributed by atoms with Crippen molar-refractivity contribution < 1.29 is 9.18 Å². The van der Waals surface area contributed by atoms with Gasteiger partial charge in [-0.05, 0) is 56.3 Å². The van der Waals surface area contributed by atoms with Crippen LogP contribution in [0.25, 0.3) is 0 Å². The van der Waals surface area contributed by atoms with Crippen molar-refractivity contribution in [3.05, 3.63) is 35.6 Å². The summed E-state index contributed by atoms with van der Waals surface area (Å²) in [7, 11) is 0. The molecule has 134 valence electrons. The number of benzene rings is 1. The quantitative estimate of drug-likeness (QED) is 0.656. The van der Waals surface area contributed by atoms with Crippen LogP contribution in [0.4, 0.5) is 4.39 Å². The van der Waals surface area contributed by atoms with Gasteiger partial charge in [0.2, 0.25) is 5.91 Å². The molecule has 4 heteroatoms. The monoisotopic (exact) mass is 334 g/mol. The maximum atomic E-state index is 13.3. The number of unbranched alkanes of at least 4 members (excludes halogenated alkanes) is 3. The van der Waals surface area contributed by atoms with Crippen molar-refractivity contribution in [3.8, 4) is 0 Å². The Morgan fingerprint density at radius 2 is 1.92 bits per heavy atom. The van der Waals surface area contributed by atoms with Crippen LogP contribution in [0.15, 0.2) is 24.3 Å². The first kappa shape index (κ1) is 18.9. The van der Waals surface area contributed by atoms with E-state index in [-0.39, 0.29) is 11.7 Å². The van der Waals surface area contributed by atoms with Gasteiger partial charge in [0.05, 0.1) is 0 Å². The van der Waals surface area contributed by atoms with Gasteiger partial charge in [-0.3, -0.25) is 4.79 Å². The predicted octanol–water partition coefficient (Wildman–Crippen LogP) is 4.05. The van der Waals surface area contributed by atoms with E-state index in [4.69, 9.17) is 5.73 Å². The van der Waals surface area contributed by atoms with Gasteiger partial charge in [-0.15, -0.1) is 0 Å². The Kier molecular flexibility index (Phi) is 8.23. The van der Waals surface area contributed by atoms with Gasteiger partial charge in [0.15, 0.2) is 0 Å². The number of nitrogens with two attached hydrogens (primary N) is 1.